The fraction of sp³-hybridized carbons (Fsp3) is 0.200. The number of benzene rings is 1. The van der Waals surface area contributed by atoms with Gasteiger partial charge in [0.05, 0.1) is 32.0 Å². The number of carbonyl (C=O) groups is 1. The average Bonchev–Trinajstić information content (AvgIpc) is 2.53. The van der Waals surface area contributed by atoms with E-state index in [9.17, 15) is 9.18 Å². The van der Waals surface area contributed by atoms with E-state index in [0.717, 1.165) is 5.69 Å². The fourth-order valence-corrected chi connectivity index (χ4v) is 1.76. The Balaban J connectivity index is 2.11. The maximum absolute atomic E-state index is 13.5. The minimum absolute atomic E-state index is 0.110. The van der Waals surface area contributed by atoms with Crippen LogP contribution in [-0.2, 0) is 11.3 Å². The van der Waals surface area contributed by atoms with E-state index in [-0.39, 0.29) is 5.56 Å². The number of nitrogens with zero attached hydrogens (tertiary/aromatic N) is 1. The van der Waals surface area contributed by atoms with Crippen LogP contribution in [0, 0.1) is 5.82 Å². The van der Waals surface area contributed by atoms with Crippen LogP contribution in [0.3, 0.4) is 0 Å². The van der Waals surface area contributed by atoms with E-state index in [0.29, 0.717) is 18.1 Å². The lowest BCUT2D eigenvalue weighted by Crippen LogP contribution is -2.07. The molecule has 0 saturated heterocycles. The molecule has 21 heavy (non-hydrogen) atoms. The third-order valence-electron chi connectivity index (χ3n) is 2.84. The van der Waals surface area contributed by atoms with Crippen molar-refractivity contribution in [2.45, 2.75) is 6.54 Å². The van der Waals surface area contributed by atoms with Gasteiger partial charge in [0.25, 0.3) is 0 Å². The summed E-state index contributed by atoms with van der Waals surface area (Å²) in [4.78, 5) is 15.7. The SMILES string of the molecule is COC(=O)c1cc(NCc2cccc(OC)n2)ccc1F. The number of hydrogen-bond donors (Lipinski definition) is 1. The molecule has 0 aliphatic heterocycles. The molecule has 110 valence electrons. The topological polar surface area (TPSA) is 60.5 Å². The number of esters is 1. The van der Waals surface area contributed by atoms with Crippen molar-refractivity contribution >= 4 is 11.7 Å². The minimum atomic E-state index is -0.712. The molecule has 0 atom stereocenters. The van der Waals surface area contributed by atoms with Gasteiger partial charge >= 0.3 is 5.97 Å². The molecule has 0 saturated carbocycles. The second kappa shape index (κ2) is 6.69. The molecule has 6 heteroatoms. The lowest BCUT2D eigenvalue weighted by molar-refractivity contribution is 0.0595. The number of nitrogens with one attached hydrogen (secondary N) is 1. The zero-order valence-corrected chi connectivity index (χ0v) is 11.7. The van der Waals surface area contributed by atoms with E-state index >= 15 is 0 Å². The smallest absolute Gasteiger partial charge is 0.340 e. The largest absolute Gasteiger partial charge is 0.481 e. The molecule has 2 rings (SSSR count). The molecule has 0 aliphatic rings. The van der Waals surface area contributed by atoms with Gasteiger partial charge in [-0.3, -0.25) is 0 Å². The Hall–Kier alpha value is -2.63. The van der Waals surface area contributed by atoms with Gasteiger partial charge in [-0.1, -0.05) is 6.07 Å². The molecule has 2 aromatic rings. The van der Waals surface area contributed by atoms with E-state index < -0.39 is 11.8 Å². The number of anilines is 1. The van der Waals surface area contributed by atoms with Crippen molar-refractivity contribution in [3.05, 3.63) is 53.5 Å². The molecule has 0 spiro atoms. The number of ether oxygens (including phenoxy) is 2. The van der Waals surface area contributed by atoms with Gasteiger partial charge < -0.3 is 14.8 Å². The molecule has 1 aromatic carbocycles. The summed E-state index contributed by atoms with van der Waals surface area (Å²) in [7, 11) is 2.75. The zero-order chi connectivity index (χ0) is 15.2. The Kier molecular flexibility index (Phi) is 4.71. The molecule has 0 unspecified atom stereocenters. The van der Waals surface area contributed by atoms with Gasteiger partial charge in [-0.25, -0.2) is 14.2 Å². The second-order valence-electron chi connectivity index (χ2n) is 4.21. The summed E-state index contributed by atoms with van der Waals surface area (Å²) in [6.07, 6.45) is 0. The van der Waals surface area contributed by atoms with E-state index in [4.69, 9.17) is 4.74 Å². The number of aromatic nitrogens is 1. The van der Waals surface area contributed by atoms with Gasteiger partial charge in [0.1, 0.15) is 5.82 Å². The summed E-state index contributed by atoms with van der Waals surface area (Å²) in [5.41, 5.74) is 1.25. The molecule has 1 N–H and O–H groups in total. The van der Waals surface area contributed by atoms with Crippen molar-refractivity contribution in [3.63, 3.8) is 0 Å². The number of methoxy groups -OCH3 is 2. The highest BCUT2D eigenvalue weighted by molar-refractivity contribution is 5.90. The van der Waals surface area contributed by atoms with Gasteiger partial charge in [-0.2, -0.15) is 0 Å². The van der Waals surface area contributed by atoms with Crippen molar-refractivity contribution in [1.82, 2.24) is 4.98 Å². The first-order valence-corrected chi connectivity index (χ1v) is 6.25. The molecule has 0 amide bonds. The maximum Gasteiger partial charge on any atom is 0.340 e. The van der Waals surface area contributed by atoms with Gasteiger partial charge in [0, 0.05) is 11.8 Å². The second-order valence-corrected chi connectivity index (χ2v) is 4.21. The summed E-state index contributed by atoms with van der Waals surface area (Å²) in [5, 5.41) is 3.07. The van der Waals surface area contributed by atoms with Crippen molar-refractivity contribution in [3.8, 4) is 5.88 Å². The molecule has 0 bridgehead atoms. The molecular formula is C15H15FN2O3. The van der Waals surface area contributed by atoms with Crippen LogP contribution in [0.2, 0.25) is 0 Å². The Morgan fingerprint density at radius 2 is 2.10 bits per heavy atom. The number of halogens is 1. The van der Waals surface area contributed by atoms with Gasteiger partial charge in [0.15, 0.2) is 0 Å². The first kappa shape index (κ1) is 14.8. The van der Waals surface area contributed by atoms with Crippen LogP contribution in [0.1, 0.15) is 16.1 Å². The highest BCUT2D eigenvalue weighted by Crippen LogP contribution is 2.17. The van der Waals surface area contributed by atoms with E-state index in [2.05, 4.69) is 15.0 Å². The Labute approximate surface area is 121 Å². The van der Waals surface area contributed by atoms with Gasteiger partial charge in [-0.15, -0.1) is 0 Å². The first-order chi connectivity index (χ1) is 10.1. The summed E-state index contributed by atoms with van der Waals surface area (Å²) < 4.78 is 23.1. The quantitative estimate of drug-likeness (QED) is 0.858. The van der Waals surface area contributed by atoms with E-state index in [1.54, 1.807) is 19.2 Å². The molecule has 1 heterocycles. The minimum Gasteiger partial charge on any atom is -0.481 e. The van der Waals surface area contributed by atoms with Gasteiger partial charge in [0.2, 0.25) is 5.88 Å². The highest BCUT2D eigenvalue weighted by atomic mass is 19.1. The normalized spacial score (nSPS) is 10.0. The third kappa shape index (κ3) is 3.68. The van der Waals surface area contributed by atoms with Crippen molar-refractivity contribution in [2.24, 2.45) is 0 Å². The van der Waals surface area contributed by atoms with Gasteiger partial charge in [-0.05, 0) is 24.3 Å². The Morgan fingerprint density at radius 3 is 2.81 bits per heavy atom. The lowest BCUT2D eigenvalue weighted by Gasteiger charge is -2.09. The molecule has 0 aliphatic carbocycles. The molecular weight excluding hydrogens is 275 g/mol. The third-order valence-corrected chi connectivity index (χ3v) is 2.84. The van der Waals surface area contributed by atoms with Crippen molar-refractivity contribution in [2.75, 3.05) is 19.5 Å². The number of pyridine rings is 1. The van der Waals surface area contributed by atoms with Crippen LogP contribution in [0.25, 0.3) is 0 Å². The fourth-order valence-electron chi connectivity index (χ4n) is 1.76. The van der Waals surface area contributed by atoms with Crippen molar-refractivity contribution < 1.29 is 18.7 Å². The van der Waals surface area contributed by atoms with Crippen LogP contribution in [-0.4, -0.2) is 25.2 Å². The standard InChI is InChI=1S/C15H15FN2O3/c1-20-14-5-3-4-11(18-14)9-17-10-6-7-13(16)12(8-10)15(19)21-2/h3-8,17H,9H2,1-2H3. The summed E-state index contributed by atoms with van der Waals surface area (Å²) >= 11 is 0. The predicted molar refractivity (Wildman–Crippen MR) is 75.9 cm³/mol. The predicted octanol–water partition coefficient (Wildman–Crippen LogP) is 2.63. The van der Waals surface area contributed by atoms with E-state index in [1.807, 2.05) is 12.1 Å². The summed E-state index contributed by atoms with van der Waals surface area (Å²) in [6.45, 7) is 0.420. The lowest BCUT2D eigenvalue weighted by atomic mass is 10.2. The highest BCUT2D eigenvalue weighted by Gasteiger charge is 2.12. The summed E-state index contributed by atoms with van der Waals surface area (Å²) in [5.74, 6) is -0.814. The van der Waals surface area contributed by atoms with Crippen LogP contribution in [0.15, 0.2) is 36.4 Å². The molecule has 0 fully saturated rings. The average molecular weight is 290 g/mol. The van der Waals surface area contributed by atoms with Crippen molar-refractivity contribution in [1.29, 1.82) is 0 Å². The molecule has 1 aromatic heterocycles. The molecule has 5 nitrogen and oxygen atoms in total. The number of carbonyl (C=O) groups excluding carboxylic acids is 1. The van der Waals surface area contributed by atoms with Crippen LogP contribution >= 0.6 is 0 Å². The summed E-state index contributed by atoms with van der Waals surface area (Å²) in [6, 6.07) is 9.57. The molecule has 0 radical (unpaired) electrons. The monoisotopic (exact) mass is 290 g/mol. The van der Waals surface area contributed by atoms with E-state index in [1.165, 1.54) is 19.2 Å². The van der Waals surface area contributed by atoms with Crippen LogP contribution < -0.4 is 10.1 Å². The van der Waals surface area contributed by atoms with Crippen LogP contribution in [0.4, 0.5) is 10.1 Å². The Morgan fingerprint density at radius 1 is 1.29 bits per heavy atom. The first-order valence-electron chi connectivity index (χ1n) is 6.25. The Bertz CT molecular complexity index is 647. The number of rotatable bonds is 5. The van der Waals surface area contributed by atoms with Crippen LogP contribution in [0.5, 0.6) is 5.88 Å². The zero-order valence-electron chi connectivity index (χ0n) is 11.7. The maximum atomic E-state index is 13.5. The number of hydrogen-bond acceptors (Lipinski definition) is 5.